The van der Waals surface area contributed by atoms with Crippen LogP contribution in [0, 0.1) is 0 Å². The quantitative estimate of drug-likeness (QED) is 0.543. The standard InChI is InChI=1S/C19H18Br2N2O4/c1-26-16-8-14(20)6-12(18(16)24)10-22-4-3-5-23-11-13-7-15(21)9-17(27-2)19(13)25/h3-4,6-11,24-25H,5H2,1-2H3/b4-3+,22-10?,23-11?. The summed E-state index contributed by atoms with van der Waals surface area (Å²) < 4.78 is 11.7. The monoisotopic (exact) mass is 496 g/mol. The number of hydrogen-bond acceptors (Lipinski definition) is 6. The molecular weight excluding hydrogens is 480 g/mol. The average molecular weight is 498 g/mol. The van der Waals surface area contributed by atoms with E-state index in [1.165, 1.54) is 20.4 Å². The van der Waals surface area contributed by atoms with Gasteiger partial charge in [0.1, 0.15) is 0 Å². The lowest BCUT2D eigenvalue weighted by atomic mass is 10.2. The largest absolute Gasteiger partial charge is 0.504 e. The molecule has 0 bridgehead atoms. The van der Waals surface area contributed by atoms with E-state index in [0.717, 1.165) is 8.95 Å². The summed E-state index contributed by atoms with van der Waals surface area (Å²) in [7, 11) is 2.97. The number of methoxy groups -OCH3 is 2. The number of aromatic hydroxyl groups is 2. The minimum absolute atomic E-state index is 0.0231. The van der Waals surface area contributed by atoms with E-state index in [4.69, 9.17) is 9.47 Å². The van der Waals surface area contributed by atoms with Gasteiger partial charge in [-0.05, 0) is 30.3 Å². The van der Waals surface area contributed by atoms with Gasteiger partial charge in [-0.15, -0.1) is 0 Å². The van der Waals surface area contributed by atoms with Crippen LogP contribution in [0.1, 0.15) is 11.1 Å². The first-order valence-corrected chi connectivity index (χ1v) is 9.36. The zero-order valence-electron chi connectivity index (χ0n) is 14.7. The van der Waals surface area contributed by atoms with Crippen LogP contribution in [0.25, 0.3) is 0 Å². The maximum atomic E-state index is 10.1. The Balaban J connectivity index is 2.00. The van der Waals surface area contributed by atoms with E-state index >= 15 is 0 Å². The number of ether oxygens (including phenoxy) is 2. The Labute approximate surface area is 174 Å². The summed E-state index contributed by atoms with van der Waals surface area (Å²) in [5, 5.41) is 20.1. The van der Waals surface area contributed by atoms with Crippen LogP contribution in [0.3, 0.4) is 0 Å². The molecular formula is C19H18Br2N2O4. The van der Waals surface area contributed by atoms with Gasteiger partial charge >= 0.3 is 0 Å². The van der Waals surface area contributed by atoms with Crippen molar-refractivity contribution >= 4 is 44.3 Å². The number of aliphatic imine (C=N–C) groups is 2. The molecule has 27 heavy (non-hydrogen) atoms. The molecule has 0 aromatic heterocycles. The first-order chi connectivity index (χ1) is 13.0. The Hall–Kier alpha value is -2.32. The predicted molar refractivity (Wildman–Crippen MR) is 114 cm³/mol. The average Bonchev–Trinajstić information content (AvgIpc) is 2.65. The van der Waals surface area contributed by atoms with E-state index in [9.17, 15) is 10.2 Å². The highest BCUT2D eigenvalue weighted by atomic mass is 79.9. The van der Waals surface area contributed by atoms with Crippen molar-refractivity contribution in [3.8, 4) is 23.0 Å². The lowest BCUT2D eigenvalue weighted by Gasteiger charge is -2.06. The first kappa shape index (κ1) is 21.0. The van der Waals surface area contributed by atoms with Crippen molar-refractivity contribution in [2.45, 2.75) is 0 Å². The van der Waals surface area contributed by atoms with Gasteiger partial charge in [0.25, 0.3) is 0 Å². The Morgan fingerprint density at radius 3 is 1.93 bits per heavy atom. The molecule has 0 aliphatic heterocycles. The normalized spacial score (nSPS) is 11.7. The first-order valence-electron chi connectivity index (χ1n) is 7.77. The number of phenols is 2. The molecule has 0 saturated carbocycles. The smallest absolute Gasteiger partial charge is 0.166 e. The summed E-state index contributed by atoms with van der Waals surface area (Å²) in [5.74, 6) is 0.791. The molecule has 0 saturated heterocycles. The Morgan fingerprint density at radius 1 is 0.889 bits per heavy atom. The third kappa shape index (κ3) is 5.83. The highest BCUT2D eigenvalue weighted by molar-refractivity contribution is 9.10. The maximum Gasteiger partial charge on any atom is 0.166 e. The Bertz CT molecular complexity index is 896. The van der Waals surface area contributed by atoms with E-state index in [2.05, 4.69) is 41.8 Å². The van der Waals surface area contributed by atoms with E-state index < -0.39 is 0 Å². The third-order valence-corrected chi connectivity index (χ3v) is 4.34. The van der Waals surface area contributed by atoms with Gasteiger partial charge in [0, 0.05) is 38.7 Å². The minimum Gasteiger partial charge on any atom is -0.504 e. The molecule has 0 heterocycles. The van der Waals surface area contributed by atoms with Gasteiger partial charge in [-0.1, -0.05) is 31.9 Å². The van der Waals surface area contributed by atoms with Gasteiger partial charge in [0.15, 0.2) is 23.0 Å². The topological polar surface area (TPSA) is 83.6 Å². The van der Waals surface area contributed by atoms with Crippen LogP contribution in [-0.4, -0.2) is 43.4 Å². The molecule has 2 aromatic rings. The molecule has 6 nitrogen and oxygen atoms in total. The fraction of sp³-hybridized carbons (Fsp3) is 0.158. The second-order valence-electron chi connectivity index (χ2n) is 5.25. The fourth-order valence-electron chi connectivity index (χ4n) is 2.14. The van der Waals surface area contributed by atoms with Crippen molar-refractivity contribution in [1.29, 1.82) is 0 Å². The molecule has 0 atom stereocenters. The van der Waals surface area contributed by atoms with Crippen LogP contribution >= 0.6 is 31.9 Å². The highest BCUT2D eigenvalue weighted by Gasteiger charge is 2.08. The highest BCUT2D eigenvalue weighted by Crippen LogP contribution is 2.33. The number of halogens is 2. The SMILES string of the molecule is COc1cc(Br)cc(C=N/C=C/CN=Cc2cc(Br)cc(OC)c2O)c1O. The molecule has 0 aliphatic carbocycles. The van der Waals surface area contributed by atoms with Crippen LogP contribution in [0.4, 0.5) is 0 Å². The van der Waals surface area contributed by atoms with E-state index in [0.29, 0.717) is 29.2 Å². The van der Waals surface area contributed by atoms with Crippen molar-refractivity contribution < 1.29 is 19.7 Å². The molecule has 142 valence electrons. The summed E-state index contributed by atoms with van der Waals surface area (Å²) >= 11 is 6.71. The maximum absolute atomic E-state index is 10.1. The molecule has 8 heteroatoms. The second kappa shape index (κ2) is 10.1. The summed E-state index contributed by atoms with van der Waals surface area (Å²) in [6.07, 6.45) is 6.40. The minimum atomic E-state index is 0.0231. The van der Waals surface area contributed by atoms with Crippen LogP contribution < -0.4 is 9.47 Å². The zero-order valence-corrected chi connectivity index (χ0v) is 17.9. The molecule has 0 aliphatic rings. The second-order valence-corrected chi connectivity index (χ2v) is 7.08. The van der Waals surface area contributed by atoms with Gasteiger partial charge in [-0.3, -0.25) is 9.98 Å². The molecule has 0 amide bonds. The van der Waals surface area contributed by atoms with Crippen molar-refractivity contribution in [3.05, 3.63) is 56.6 Å². The van der Waals surface area contributed by atoms with Gasteiger partial charge < -0.3 is 19.7 Å². The van der Waals surface area contributed by atoms with Crippen molar-refractivity contribution in [3.63, 3.8) is 0 Å². The van der Waals surface area contributed by atoms with Gasteiger partial charge in [-0.2, -0.15) is 0 Å². The van der Waals surface area contributed by atoms with Crippen LogP contribution in [0.5, 0.6) is 23.0 Å². The number of rotatable bonds is 7. The van der Waals surface area contributed by atoms with Crippen molar-refractivity contribution in [1.82, 2.24) is 0 Å². The summed E-state index contributed by atoms with van der Waals surface area (Å²) in [5.41, 5.74) is 1.07. The number of nitrogens with zero attached hydrogens (tertiary/aromatic N) is 2. The number of hydrogen-bond donors (Lipinski definition) is 2. The van der Waals surface area contributed by atoms with Crippen molar-refractivity contribution in [2.75, 3.05) is 20.8 Å². The zero-order chi connectivity index (χ0) is 19.8. The fourth-order valence-corrected chi connectivity index (χ4v) is 3.05. The van der Waals surface area contributed by atoms with Crippen molar-refractivity contribution in [2.24, 2.45) is 9.98 Å². The van der Waals surface area contributed by atoms with E-state index in [1.54, 1.807) is 42.8 Å². The molecule has 0 spiro atoms. The molecule has 2 rings (SSSR count). The lowest BCUT2D eigenvalue weighted by Crippen LogP contribution is -1.90. The molecule has 0 fully saturated rings. The molecule has 0 unspecified atom stereocenters. The lowest BCUT2D eigenvalue weighted by molar-refractivity contribution is 0.373. The van der Waals surface area contributed by atoms with Gasteiger partial charge in [-0.25, -0.2) is 0 Å². The van der Waals surface area contributed by atoms with E-state index in [1.807, 2.05) is 0 Å². The Kier molecular flexibility index (Phi) is 7.87. The number of phenolic OH excluding ortho intramolecular Hbond substituents is 2. The van der Waals surface area contributed by atoms with E-state index in [-0.39, 0.29) is 11.5 Å². The predicted octanol–water partition coefficient (Wildman–Crippen LogP) is 4.69. The summed E-state index contributed by atoms with van der Waals surface area (Å²) in [4.78, 5) is 8.35. The van der Waals surface area contributed by atoms with Gasteiger partial charge in [0.05, 0.1) is 20.8 Å². The molecule has 2 N–H and O–H groups in total. The van der Waals surface area contributed by atoms with Crippen LogP contribution in [0.15, 0.2) is 55.5 Å². The molecule has 0 radical (unpaired) electrons. The third-order valence-electron chi connectivity index (χ3n) is 3.42. The van der Waals surface area contributed by atoms with Crippen LogP contribution in [-0.2, 0) is 0 Å². The Morgan fingerprint density at radius 2 is 1.41 bits per heavy atom. The van der Waals surface area contributed by atoms with Gasteiger partial charge in [0.2, 0.25) is 0 Å². The number of benzene rings is 2. The summed E-state index contributed by atoms with van der Waals surface area (Å²) in [6.45, 7) is 0.374. The molecule has 2 aromatic carbocycles. The summed E-state index contributed by atoms with van der Waals surface area (Å²) in [6, 6.07) is 6.82. The van der Waals surface area contributed by atoms with Crippen LogP contribution in [0.2, 0.25) is 0 Å².